The number of amides is 1. The fourth-order valence-electron chi connectivity index (χ4n) is 1.37. The number of nitrogens with two attached hydrogens (primary N) is 1. The van der Waals surface area contributed by atoms with Gasteiger partial charge in [-0.2, -0.15) is 0 Å². The molecule has 1 radical (unpaired) electrons. The van der Waals surface area contributed by atoms with Crippen LogP contribution in [0.25, 0.3) is 0 Å². The molecule has 0 saturated carbocycles. The van der Waals surface area contributed by atoms with Crippen molar-refractivity contribution in [2.24, 2.45) is 5.73 Å². The van der Waals surface area contributed by atoms with Gasteiger partial charge in [0.15, 0.2) is 0 Å². The van der Waals surface area contributed by atoms with Crippen molar-refractivity contribution in [1.29, 1.82) is 0 Å². The van der Waals surface area contributed by atoms with E-state index in [-0.39, 0.29) is 5.91 Å². The van der Waals surface area contributed by atoms with E-state index in [9.17, 15) is 4.79 Å². The molecule has 1 heterocycles. The maximum Gasteiger partial charge on any atom is 0.241 e. The van der Waals surface area contributed by atoms with Gasteiger partial charge in [-0.1, -0.05) is 0 Å². The Morgan fingerprint density at radius 1 is 1.82 bits per heavy atom. The van der Waals surface area contributed by atoms with Crippen LogP contribution in [0.1, 0.15) is 12.8 Å². The Bertz CT molecular complexity index is 153. The first-order valence-electron chi connectivity index (χ1n) is 3.69. The molecule has 1 aliphatic rings. The number of hydrogen-bond acceptors (Lipinski definition) is 2. The molecule has 2 N–H and O–H groups in total. The number of primary amides is 1. The van der Waals surface area contributed by atoms with E-state index in [4.69, 9.17) is 10.5 Å². The van der Waals surface area contributed by atoms with Crippen LogP contribution < -0.4 is 11.1 Å². The first-order chi connectivity index (χ1) is 5.21. The molecular weight excluding hydrogens is 144 g/mol. The molecule has 11 heavy (non-hydrogen) atoms. The van der Waals surface area contributed by atoms with Gasteiger partial charge in [0.25, 0.3) is 0 Å². The largest absolute Gasteiger partial charge is 0.382 e. The lowest BCUT2D eigenvalue weighted by atomic mass is 9.98. The van der Waals surface area contributed by atoms with Crippen molar-refractivity contribution in [2.45, 2.75) is 18.4 Å². The average Bonchev–Trinajstić information content (AvgIpc) is 2.38. The highest BCUT2D eigenvalue weighted by Gasteiger charge is 2.40. The first-order valence-corrected chi connectivity index (χ1v) is 3.69. The number of methoxy groups -OCH3 is 1. The molecule has 1 aliphatic heterocycles. The zero-order chi connectivity index (χ0) is 8.32. The predicted octanol–water partition coefficient (Wildman–Crippen LogP) is -0.745. The van der Waals surface area contributed by atoms with Crippen molar-refractivity contribution >= 4 is 5.91 Å². The molecule has 1 amide bonds. The molecule has 4 heteroatoms. The molecule has 0 bridgehead atoms. The molecule has 63 valence electrons. The smallest absolute Gasteiger partial charge is 0.241 e. The Morgan fingerprint density at radius 2 is 2.55 bits per heavy atom. The molecule has 0 aromatic rings. The first kappa shape index (κ1) is 8.49. The summed E-state index contributed by atoms with van der Waals surface area (Å²) in [6, 6.07) is 0. The lowest BCUT2D eigenvalue weighted by molar-refractivity contribution is -0.126. The molecule has 0 aromatic heterocycles. The van der Waals surface area contributed by atoms with Gasteiger partial charge in [0, 0.05) is 13.7 Å². The van der Waals surface area contributed by atoms with E-state index in [0.29, 0.717) is 6.61 Å². The summed E-state index contributed by atoms with van der Waals surface area (Å²) in [6.07, 6.45) is 1.67. The number of ether oxygens (including phenoxy) is 1. The maximum absolute atomic E-state index is 11.0. The van der Waals surface area contributed by atoms with E-state index < -0.39 is 5.54 Å². The lowest BCUT2D eigenvalue weighted by Crippen LogP contribution is -2.51. The summed E-state index contributed by atoms with van der Waals surface area (Å²) in [5.74, 6) is -0.364. The van der Waals surface area contributed by atoms with Crippen molar-refractivity contribution in [3.63, 3.8) is 0 Å². The molecule has 0 aliphatic carbocycles. The number of hydrogen-bond donors (Lipinski definition) is 1. The fourth-order valence-corrected chi connectivity index (χ4v) is 1.37. The third kappa shape index (κ3) is 1.52. The zero-order valence-electron chi connectivity index (χ0n) is 6.67. The minimum Gasteiger partial charge on any atom is -0.382 e. The van der Waals surface area contributed by atoms with Gasteiger partial charge in [-0.3, -0.25) is 4.79 Å². The number of nitrogens with zero attached hydrogens (tertiary/aromatic N) is 1. The van der Waals surface area contributed by atoms with Gasteiger partial charge in [0.2, 0.25) is 5.91 Å². The van der Waals surface area contributed by atoms with Crippen molar-refractivity contribution in [1.82, 2.24) is 5.32 Å². The van der Waals surface area contributed by atoms with E-state index in [0.717, 1.165) is 19.4 Å². The molecule has 1 unspecified atom stereocenters. The average molecular weight is 157 g/mol. The van der Waals surface area contributed by atoms with Crippen LogP contribution >= 0.6 is 0 Å². The second-order valence-corrected chi connectivity index (χ2v) is 2.81. The molecule has 1 atom stereocenters. The van der Waals surface area contributed by atoms with Crippen molar-refractivity contribution in [3.05, 3.63) is 0 Å². The molecule has 0 spiro atoms. The summed E-state index contributed by atoms with van der Waals surface area (Å²) in [7, 11) is 1.55. The minimum atomic E-state index is -0.714. The zero-order valence-corrected chi connectivity index (χ0v) is 6.67. The summed E-state index contributed by atoms with van der Waals surface area (Å²) < 4.78 is 4.90. The lowest BCUT2D eigenvalue weighted by Gasteiger charge is -2.22. The molecule has 1 rings (SSSR count). The van der Waals surface area contributed by atoms with Gasteiger partial charge < -0.3 is 10.5 Å². The molecule has 4 nitrogen and oxygen atoms in total. The topological polar surface area (TPSA) is 66.4 Å². The number of rotatable bonds is 3. The van der Waals surface area contributed by atoms with Gasteiger partial charge >= 0.3 is 0 Å². The van der Waals surface area contributed by atoms with E-state index in [1.54, 1.807) is 7.11 Å². The van der Waals surface area contributed by atoms with Crippen molar-refractivity contribution in [3.8, 4) is 0 Å². The summed E-state index contributed by atoms with van der Waals surface area (Å²) >= 11 is 0. The SMILES string of the molecule is COCC1(C(N)=O)CCC[N]1. The van der Waals surface area contributed by atoms with Gasteiger partial charge in [-0.05, 0) is 12.8 Å². The molecule has 1 fully saturated rings. The molecule has 0 aromatic carbocycles. The van der Waals surface area contributed by atoms with Gasteiger partial charge in [0.05, 0.1) is 6.61 Å². The summed E-state index contributed by atoms with van der Waals surface area (Å²) in [5, 5.41) is 4.16. The molecular formula is C7H13N2O2. The maximum atomic E-state index is 11.0. The Kier molecular flexibility index (Phi) is 2.46. The van der Waals surface area contributed by atoms with Crippen LogP contribution in [0.5, 0.6) is 0 Å². The third-order valence-electron chi connectivity index (χ3n) is 2.00. The van der Waals surface area contributed by atoms with Crippen LogP contribution in [0, 0.1) is 0 Å². The summed E-state index contributed by atoms with van der Waals surface area (Å²) in [6.45, 7) is 1.05. The fraction of sp³-hybridized carbons (Fsp3) is 0.857. The highest BCUT2D eigenvalue weighted by molar-refractivity contribution is 5.85. The quantitative estimate of drug-likeness (QED) is 0.586. The molecule has 1 saturated heterocycles. The second kappa shape index (κ2) is 3.19. The minimum absolute atomic E-state index is 0.322. The van der Waals surface area contributed by atoms with Crippen LogP contribution in [0.2, 0.25) is 0 Å². The Hall–Kier alpha value is -0.610. The van der Waals surface area contributed by atoms with Crippen LogP contribution in [0.3, 0.4) is 0 Å². The third-order valence-corrected chi connectivity index (χ3v) is 2.00. The predicted molar refractivity (Wildman–Crippen MR) is 40.0 cm³/mol. The monoisotopic (exact) mass is 157 g/mol. The van der Waals surface area contributed by atoms with Gasteiger partial charge in [-0.25, -0.2) is 5.32 Å². The van der Waals surface area contributed by atoms with Crippen molar-refractivity contribution < 1.29 is 9.53 Å². The standard InChI is InChI=1S/C7H13N2O2/c1-11-5-7(6(8)10)3-2-4-9-7/h2-5H2,1H3,(H2,8,10). The summed E-state index contributed by atoms with van der Waals surface area (Å²) in [4.78, 5) is 11.0. The van der Waals surface area contributed by atoms with Crippen LogP contribution in [-0.2, 0) is 9.53 Å². The Balaban J connectivity index is 2.62. The Labute approximate surface area is 66.1 Å². The highest BCUT2D eigenvalue weighted by Crippen LogP contribution is 2.20. The van der Waals surface area contributed by atoms with E-state index in [1.807, 2.05) is 0 Å². The van der Waals surface area contributed by atoms with E-state index in [2.05, 4.69) is 5.32 Å². The normalized spacial score (nSPS) is 30.6. The number of carbonyl (C=O) groups is 1. The Morgan fingerprint density at radius 3 is 2.91 bits per heavy atom. The number of carbonyl (C=O) groups excluding carboxylic acids is 1. The van der Waals surface area contributed by atoms with Gasteiger partial charge in [0.1, 0.15) is 5.54 Å². The van der Waals surface area contributed by atoms with Crippen molar-refractivity contribution in [2.75, 3.05) is 20.3 Å². The second-order valence-electron chi connectivity index (χ2n) is 2.81. The summed E-state index contributed by atoms with van der Waals surface area (Å²) in [5.41, 5.74) is 4.49. The van der Waals surface area contributed by atoms with Crippen LogP contribution in [0.4, 0.5) is 0 Å². The van der Waals surface area contributed by atoms with E-state index >= 15 is 0 Å². The van der Waals surface area contributed by atoms with E-state index in [1.165, 1.54) is 0 Å². The van der Waals surface area contributed by atoms with Gasteiger partial charge in [-0.15, -0.1) is 0 Å². The van der Waals surface area contributed by atoms with Crippen LogP contribution in [0.15, 0.2) is 0 Å². The van der Waals surface area contributed by atoms with Crippen LogP contribution in [-0.4, -0.2) is 31.7 Å². The highest BCUT2D eigenvalue weighted by atomic mass is 16.5.